The normalized spacial score (nSPS) is 28.5. The van der Waals surface area contributed by atoms with Crippen LogP contribution in [0.25, 0.3) is 0 Å². The van der Waals surface area contributed by atoms with Crippen LogP contribution in [-0.4, -0.2) is 47.9 Å². The van der Waals surface area contributed by atoms with Gasteiger partial charge >= 0.3 is 6.03 Å². The van der Waals surface area contributed by atoms with Crippen LogP contribution in [0.5, 0.6) is 0 Å². The molecule has 4 N–H and O–H groups in total. The Bertz CT molecular complexity index is 512. The zero-order valence-corrected chi connectivity index (χ0v) is 15.5. The summed E-state index contributed by atoms with van der Waals surface area (Å²) in [5, 5.41) is 5.54. The van der Waals surface area contributed by atoms with Crippen molar-refractivity contribution in [1.82, 2.24) is 15.5 Å². The molecule has 24 heavy (non-hydrogen) atoms. The van der Waals surface area contributed by atoms with E-state index in [0.29, 0.717) is 38.3 Å². The van der Waals surface area contributed by atoms with Crippen LogP contribution in [0.15, 0.2) is 0 Å². The van der Waals surface area contributed by atoms with Gasteiger partial charge < -0.3 is 16.4 Å². The fourth-order valence-corrected chi connectivity index (χ4v) is 4.18. The summed E-state index contributed by atoms with van der Waals surface area (Å²) in [6, 6.07) is -0.464. The van der Waals surface area contributed by atoms with Gasteiger partial charge in [-0.05, 0) is 43.6 Å². The first-order valence-corrected chi connectivity index (χ1v) is 8.30. The van der Waals surface area contributed by atoms with Gasteiger partial charge in [0.2, 0.25) is 5.91 Å². The zero-order valence-electron chi connectivity index (χ0n) is 14.7. The van der Waals surface area contributed by atoms with Crippen LogP contribution in [0.1, 0.15) is 46.5 Å². The third-order valence-corrected chi connectivity index (χ3v) is 4.63. The van der Waals surface area contributed by atoms with Gasteiger partial charge in [0.25, 0.3) is 5.91 Å². The summed E-state index contributed by atoms with van der Waals surface area (Å²) in [4.78, 5) is 38.0. The molecule has 2 unspecified atom stereocenters. The Hall–Kier alpha value is -1.34. The Labute approximate surface area is 149 Å². The lowest BCUT2D eigenvalue weighted by Crippen LogP contribution is -2.54. The van der Waals surface area contributed by atoms with Gasteiger partial charge in [-0.25, -0.2) is 4.79 Å². The van der Waals surface area contributed by atoms with Crippen molar-refractivity contribution < 1.29 is 14.4 Å². The Morgan fingerprint density at radius 3 is 2.62 bits per heavy atom. The van der Waals surface area contributed by atoms with Crippen molar-refractivity contribution in [3.63, 3.8) is 0 Å². The van der Waals surface area contributed by atoms with Crippen molar-refractivity contribution in [1.29, 1.82) is 0 Å². The maximum Gasteiger partial charge on any atom is 0.325 e. The van der Waals surface area contributed by atoms with E-state index in [0.717, 1.165) is 11.3 Å². The first-order chi connectivity index (χ1) is 10.7. The summed E-state index contributed by atoms with van der Waals surface area (Å²) in [5.74, 6) is -0.250. The predicted molar refractivity (Wildman–Crippen MR) is 93.7 cm³/mol. The van der Waals surface area contributed by atoms with Crippen molar-refractivity contribution >= 4 is 30.3 Å². The van der Waals surface area contributed by atoms with Crippen LogP contribution in [0.4, 0.5) is 4.79 Å². The monoisotopic (exact) mass is 360 g/mol. The quantitative estimate of drug-likeness (QED) is 0.502. The zero-order chi connectivity index (χ0) is 17.3. The molecule has 1 heterocycles. The van der Waals surface area contributed by atoms with Gasteiger partial charge in [-0.2, -0.15) is 0 Å². The largest absolute Gasteiger partial charge is 0.354 e. The topological polar surface area (TPSA) is 105 Å². The molecule has 2 atom stereocenters. The molecule has 0 bridgehead atoms. The smallest absolute Gasteiger partial charge is 0.325 e. The van der Waals surface area contributed by atoms with E-state index >= 15 is 0 Å². The molecule has 8 heteroatoms. The van der Waals surface area contributed by atoms with Gasteiger partial charge in [-0.15, -0.1) is 12.4 Å². The number of hydrogen-bond acceptors (Lipinski definition) is 4. The number of hydrogen-bond donors (Lipinski definition) is 3. The minimum Gasteiger partial charge on any atom is -0.354 e. The van der Waals surface area contributed by atoms with E-state index in [1.807, 2.05) is 0 Å². The lowest BCUT2D eigenvalue weighted by molar-refractivity contribution is -0.137. The second-order valence-corrected chi connectivity index (χ2v) is 7.75. The Balaban J connectivity index is 0.00000288. The van der Waals surface area contributed by atoms with Gasteiger partial charge in [-0.3, -0.25) is 14.5 Å². The second-order valence-electron chi connectivity index (χ2n) is 7.75. The van der Waals surface area contributed by atoms with Crippen molar-refractivity contribution in [2.24, 2.45) is 17.1 Å². The van der Waals surface area contributed by atoms with Crippen LogP contribution in [0, 0.1) is 11.3 Å². The average Bonchev–Trinajstić information content (AvgIpc) is 2.60. The van der Waals surface area contributed by atoms with Crippen LogP contribution < -0.4 is 16.4 Å². The van der Waals surface area contributed by atoms with Crippen LogP contribution in [0.2, 0.25) is 0 Å². The van der Waals surface area contributed by atoms with Gasteiger partial charge in [-0.1, -0.05) is 20.8 Å². The number of nitrogens with one attached hydrogen (secondary N) is 2. The fraction of sp³-hybridized carbons (Fsp3) is 0.812. The lowest BCUT2D eigenvalue weighted by atomic mass is 9.64. The molecule has 1 saturated carbocycles. The average molecular weight is 361 g/mol. The van der Waals surface area contributed by atoms with E-state index in [9.17, 15) is 14.4 Å². The minimum absolute atomic E-state index is 0. The SMILES string of the molecule is CC1CC(C)(C)CC2(C1)NC(=O)N(CC(=O)NCCCN)C2=O.Cl. The molecule has 138 valence electrons. The number of imide groups is 1. The molecular formula is C16H29ClN4O3. The molecule has 0 radical (unpaired) electrons. The number of nitrogens with zero attached hydrogens (tertiary/aromatic N) is 1. The molecule has 0 aromatic rings. The van der Waals surface area contributed by atoms with Crippen molar-refractivity contribution in [3.05, 3.63) is 0 Å². The maximum absolute atomic E-state index is 12.8. The molecule has 2 fully saturated rings. The van der Waals surface area contributed by atoms with Gasteiger partial charge in [0, 0.05) is 6.54 Å². The van der Waals surface area contributed by atoms with Crippen LogP contribution in [0.3, 0.4) is 0 Å². The predicted octanol–water partition coefficient (Wildman–Crippen LogP) is 1.01. The molecule has 2 aliphatic rings. The Kier molecular flexibility index (Phi) is 6.64. The van der Waals surface area contributed by atoms with Crippen molar-refractivity contribution in [2.75, 3.05) is 19.6 Å². The first-order valence-electron chi connectivity index (χ1n) is 8.30. The fourth-order valence-electron chi connectivity index (χ4n) is 4.18. The lowest BCUT2D eigenvalue weighted by Gasteiger charge is -2.43. The van der Waals surface area contributed by atoms with Gasteiger partial charge in [0.05, 0.1) is 0 Å². The molecule has 1 saturated heterocycles. The number of halogens is 1. The van der Waals surface area contributed by atoms with E-state index in [1.165, 1.54) is 0 Å². The maximum atomic E-state index is 12.8. The molecule has 7 nitrogen and oxygen atoms in total. The first kappa shape index (κ1) is 20.7. The summed E-state index contributed by atoms with van der Waals surface area (Å²) >= 11 is 0. The highest BCUT2D eigenvalue weighted by molar-refractivity contribution is 6.09. The van der Waals surface area contributed by atoms with Gasteiger partial charge in [0.1, 0.15) is 12.1 Å². The highest BCUT2D eigenvalue weighted by Crippen LogP contribution is 2.46. The molecule has 1 aliphatic heterocycles. The summed E-state index contributed by atoms with van der Waals surface area (Å²) in [5.41, 5.74) is 4.51. The molecule has 0 aromatic carbocycles. The minimum atomic E-state index is -0.851. The number of urea groups is 1. The Morgan fingerprint density at radius 2 is 2.04 bits per heavy atom. The summed E-state index contributed by atoms with van der Waals surface area (Å²) < 4.78 is 0. The van der Waals surface area contributed by atoms with Gasteiger partial charge in [0.15, 0.2) is 0 Å². The number of nitrogens with two attached hydrogens (primary N) is 1. The molecule has 2 rings (SSSR count). The Morgan fingerprint density at radius 1 is 1.38 bits per heavy atom. The van der Waals surface area contributed by atoms with Crippen LogP contribution in [-0.2, 0) is 9.59 Å². The molecule has 4 amide bonds. The number of rotatable bonds is 5. The molecule has 1 aliphatic carbocycles. The third-order valence-electron chi connectivity index (χ3n) is 4.63. The highest BCUT2D eigenvalue weighted by atomic mass is 35.5. The van der Waals surface area contributed by atoms with E-state index < -0.39 is 11.6 Å². The third kappa shape index (κ3) is 4.39. The van der Waals surface area contributed by atoms with Crippen LogP contribution >= 0.6 is 12.4 Å². The standard InChI is InChI=1S/C16H28N4O3.ClH/c1-11-7-15(2,3)10-16(8-11)13(22)20(14(23)19-16)9-12(21)18-6-4-5-17;/h11H,4-10,17H2,1-3H3,(H,18,21)(H,19,23);1H. The number of carbonyl (C=O) groups excluding carboxylic acids is 3. The summed E-state index contributed by atoms with van der Waals surface area (Å²) in [7, 11) is 0. The molecular weight excluding hydrogens is 332 g/mol. The van der Waals surface area contributed by atoms with Crippen molar-refractivity contribution in [3.8, 4) is 0 Å². The van der Waals surface area contributed by atoms with Crippen molar-refractivity contribution in [2.45, 2.75) is 52.0 Å². The number of carbonyl (C=O) groups is 3. The molecule has 1 spiro atoms. The summed E-state index contributed by atoms with van der Waals surface area (Å²) in [6.45, 7) is 7.04. The van der Waals surface area contributed by atoms with E-state index in [1.54, 1.807) is 0 Å². The highest BCUT2D eigenvalue weighted by Gasteiger charge is 2.56. The molecule has 0 aromatic heterocycles. The van der Waals surface area contributed by atoms with E-state index in [4.69, 9.17) is 5.73 Å². The second kappa shape index (κ2) is 7.70. The number of amides is 4. The van der Waals surface area contributed by atoms with E-state index in [-0.39, 0.29) is 36.2 Å². The summed E-state index contributed by atoms with van der Waals surface area (Å²) in [6.07, 6.45) is 2.94. The van der Waals surface area contributed by atoms with E-state index in [2.05, 4.69) is 31.4 Å².